The molecule has 0 fully saturated rings. The second-order valence-electron chi connectivity index (χ2n) is 7.86. The summed E-state index contributed by atoms with van der Waals surface area (Å²) in [4.78, 5) is 25.3. The van der Waals surface area contributed by atoms with E-state index in [1.165, 1.54) is 19.2 Å². The van der Waals surface area contributed by atoms with Gasteiger partial charge in [0.05, 0.1) is 18.2 Å². The van der Waals surface area contributed by atoms with Crippen molar-refractivity contribution < 1.29 is 27.1 Å². The van der Waals surface area contributed by atoms with Gasteiger partial charge in [0, 0.05) is 28.0 Å². The zero-order valence-electron chi connectivity index (χ0n) is 18.7. The van der Waals surface area contributed by atoms with Crippen LogP contribution in [0.3, 0.4) is 0 Å². The number of fused-ring (bicyclic) bond motifs is 2. The molecule has 2 aromatic heterocycles. The van der Waals surface area contributed by atoms with E-state index in [4.69, 9.17) is 18.3 Å². The first-order chi connectivity index (χ1) is 16.9. The highest BCUT2D eigenvalue weighted by Crippen LogP contribution is 2.34. The van der Waals surface area contributed by atoms with Gasteiger partial charge in [-0.2, -0.15) is 0 Å². The minimum Gasteiger partial charge on any atom is -0.493 e. The van der Waals surface area contributed by atoms with Crippen LogP contribution in [0.25, 0.3) is 33.1 Å². The molecule has 0 aliphatic heterocycles. The minimum atomic E-state index is -0.725. The SMILES string of the molecule is COc1cccc2cc(-c3cc(=O)oc4c(C)c(OCc5c(F)cccc5F)ccc34)c(=O)oc12. The van der Waals surface area contributed by atoms with E-state index in [2.05, 4.69) is 0 Å². The average molecular weight is 476 g/mol. The van der Waals surface area contributed by atoms with Gasteiger partial charge in [-0.1, -0.05) is 18.2 Å². The lowest BCUT2D eigenvalue weighted by Crippen LogP contribution is -2.07. The van der Waals surface area contributed by atoms with Crippen LogP contribution in [0.2, 0.25) is 0 Å². The second kappa shape index (κ2) is 8.72. The van der Waals surface area contributed by atoms with Gasteiger partial charge in [0.1, 0.15) is 29.6 Å². The molecule has 0 aliphatic carbocycles. The van der Waals surface area contributed by atoms with Crippen LogP contribution in [-0.2, 0) is 6.61 Å². The molecule has 8 heteroatoms. The molecule has 0 aliphatic rings. The molecule has 0 radical (unpaired) electrons. The van der Waals surface area contributed by atoms with Crippen molar-refractivity contribution in [1.29, 1.82) is 0 Å². The zero-order valence-corrected chi connectivity index (χ0v) is 18.7. The van der Waals surface area contributed by atoms with Crippen LogP contribution in [0, 0.1) is 18.6 Å². The molecule has 2 heterocycles. The molecule has 0 atom stereocenters. The van der Waals surface area contributed by atoms with Crippen LogP contribution in [0.1, 0.15) is 11.1 Å². The Kier molecular flexibility index (Phi) is 5.56. The second-order valence-corrected chi connectivity index (χ2v) is 7.86. The molecule has 5 rings (SSSR count). The number of methoxy groups -OCH3 is 1. The molecule has 35 heavy (non-hydrogen) atoms. The van der Waals surface area contributed by atoms with Gasteiger partial charge in [0.2, 0.25) is 0 Å². The summed E-state index contributed by atoms with van der Waals surface area (Å²) in [5.74, 6) is -0.767. The van der Waals surface area contributed by atoms with Crippen LogP contribution in [0.15, 0.2) is 79.1 Å². The summed E-state index contributed by atoms with van der Waals surface area (Å²) in [6.07, 6.45) is 0. The van der Waals surface area contributed by atoms with Gasteiger partial charge in [-0.25, -0.2) is 18.4 Å². The van der Waals surface area contributed by atoms with Crippen molar-refractivity contribution in [3.8, 4) is 22.6 Å². The number of hydrogen-bond donors (Lipinski definition) is 0. The van der Waals surface area contributed by atoms with Gasteiger partial charge in [-0.15, -0.1) is 0 Å². The van der Waals surface area contributed by atoms with Crippen LogP contribution >= 0.6 is 0 Å². The number of rotatable bonds is 5. The molecular formula is C27H18F2O6. The maximum Gasteiger partial charge on any atom is 0.344 e. The molecule has 0 spiro atoms. The van der Waals surface area contributed by atoms with Gasteiger partial charge in [0.25, 0.3) is 0 Å². The maximum absolute atomic E-state index is 14.0. The lowest BCUT2D eigenvalue weighted by molar-refractivity contribution is 0.290. The van der Waals surface area contributed by atoms with Gasteiger partial charge in [0.15, 0.2) is 11.3 Å². The Morgan fingerprint density at radius 2 is 1.57 bits per heavy atom. The predicted octanol–water partition coefficient (Wildman–Crippen LogP) is 5.74. The van der Waals surface area contributed by atoms with E-state index in [0.29, 0.717) is 33.2 Å². The zero-order chi connectivity index (χ0) is 24.7. The van der Waals surface area contributed by atoms with E-state index in [-0.39, 0.29) is 29.1 Å². The fourth-order valence-corrected chi connectivity index (χ4v) is 4.01. The Labute approximate surface area is 196 Å². The van der Waals surface area contributed by atoms with Crippen LogP contribution < -0.4 is 20.7 Å². The Morgan fingerprint density at radius 3 is 2.31 bits per heavy atom. The Bertz CT molecular complexity index is 1700. The van der Waals surface area contributed by atoms with Crippen molar-refractivity contribution in [2.24, 2.45) is 0 Å². The highest BCUT2D eigenvalue weighted by Gasteiger charge is 2.18. The summed E-state index contributed by atoms with van der Waals surface area (Å²) >= 11 is 0. The molecule has 0 amide bonds. The van der Waals surface area contributed by atoms with E-state index in [0.717, 1.165) is 12.1 Å². The smallest absolute Gasteiger partial charge is 0.344 e. The summed E-state index contributed by atoms with van der Waals surface area (Å²) < 4.78 is 49.8. The summed E-state index contributed by atoms with van der Waals surface area (Å²) in [7, 11) is 1.47. The highest BCUT2D eigenvalue weighted by molar-refractivity contribution is 5.97. The van der Waals surface area contributed by atoms with Gasteiger partial charge < -0.3 is 18.3 Å². The number of hydrogen-bond acceptors (Lipinski definition) is 6. The molecule has 176 valence electrons. The molecule has 6 nitrogen and oxygen atoms in total. The third-order valence-electron chi connectivity index (χ3n) is 5.78. The fourth-order valence-electron chi connectivity index (χ4n) is 4.01. The topological polar surface area (TPSA) is 78.9 Å². The number of ether oxygens (including phenoxy) is 2. The minimum absolute atomic E-state index is 0.171. The molecule has 0 saturated carbocycles. The van der Waals surface area contributed by atoms with Crippen molar-refractivity contribution in [1.82, 2.24) is 0 Å². The predicted molar refractivity (Wildman–Crippen MR) is 126 cm³/mol. The summed E-state index contributed by atoms with van der Waals surface area (Å²) in [6, 6.07) is 14.8. The third kappa shape index (κ3) is 3.93. The molecule has 0 unspecified atom stereocenters. The largest absolute Gasteiger partial charge is 0.493 e. The van der Waals surface area contributed by atoms with Crippen molar-refractivity contribution in [2.75, 3.05) is 7.11 Å². The van der Waals surface area contributed by atoms with E-state index in [9.17, 15) is 18.4 Å². The Balaban J connectivity index is 1.62. The lowest BCUT2D eigenvalue weighted by atomic mass is 10.0. The summed E-state index contributed by atoms with van der Waals surface area (Å²) in [5, 5.41) is 1.09. The first kappa shape index (κ1) is 22.3. The average Bonchev–Trinajstić information content (AvgIpc) is 2.84. The van der Waals surface area contributed by atoms with E-state index >= 15 is 0 Å². The fraction of sp³-hybridized carbons (Fsp3) is 0.111. The first-order valence-electron chi connectivity index (χ1n) is 10.6. The normalized spacial score (nSPS) is 11.2. The molecular weight excluding hydrogens is 458 g/mol. The number of benzene rings is 3. The molecule has 0 N–H and O–H groups in total. The summed E-state index contributed by atoms with van der Waals surface area (Å²) in [6.45, 7) is 1.29. The van der Waals surface area contributed by atoms with Crippen molar-refractivity contribution in [3.63, 3.8) is 0 Å². The Morgan fingerprint density at radius 1 is 0.829 bits per heavy atom. The van der Waals surface area contributed by atoms with Crippen LogP contribution in [-0.4, -0.2) is 7.11 Å². The number of para-hydroxylation sites is 1. The number of aryl methyl sites for hydroxylation is 1. The number of halogens is 2. The van der Waals surface area contributed by atoms with Gasteiger partial charge in [-0.05, 0) is 43.3 Å². The van der Waals surface area contributed by atoms with Crippen molar-refractivity contribution >= 4 is 21.9 Å². The van der Waals surface area contributed by atoms with E-state index < -0.39 is 22.9 Å². The van der Waals surface area contributed by atoms with E-state index in [1.54, 1.807) is 43.3 Å². The van der Waals surface area contributed by atoms with Gasteiger partial charge in [-0.3, -0.25) is 0 Å². The monoisotopic (exact) mass is 476 g/mol. The van der Waals surface area contributed by atoms with Crippen LogP contribution in [0.4, 0.5) is 8.78 Å². The Hall–Kier alpha value is -4.46. The van der Waals surface area contributed by atoms with Crippen molar-refractivity contribution in [3.05, 3.63) is 104 Å². The van der Waals surface area contributed by atoms with Crippen molar-refractivity contribution in [2.45, 2.75) is 13.5 Å². The standard InChI is InChI=1S/C27H18F2O6/c1-14-22(33-13-19-20(28)6-4-7-21(19)29)10-9-16-17(12-24(30)34-25(14)16)18-11-15-5-3-8-23(32-2)26(15)35-27(18)31/h3-12H,13H2,1-2H3. The first-order valence-corrected chi connectivity index (χ1v) is 10.6. The third-order valence-corrected chi connectivity index (χ3v) is 5.78. The maximum atomic E-state index is 14.0. The lowest BCUT2D eigenvalue weighted by Gasteiger charge is -2.13. The molecule has 0 saturated heterocycles. The molecule has 3 aromatic carbocycles. The quantitative estimate of drug-likeness (QED) is 0.301. The van der Waals surface area contributed by atoms with E-state index in [1.807, 2.05) is 0 Å². The van der Waals surface area contributed by atoms with Gasteiger partial charge >= 0.3 is 11.3 Å². The highest BCUT2D eigenvalue weighted by atomic mass is 19.1. The van der Waals surface area contributed by atoms with Crippen LogP contribution in [0.5, 0.6) is 11.5 Å². The molecule has 0 bridgehead atoms. The summed E-state index contributed by atoms with van der Waals surface area (Å²) in [5.41, 5.74) is -0.140. The molecule has 5 aromatic rings.